The average molecular weight is 359 g/mol. The predicted octanol–water partition coefficient (Wildman–Crippen LogP) is 4.98. The van der Waals surface area contributed by atoms with Gasteiger partial charge in [-0.05, 0) is 48.9 Å². The van der Waals surface area contributed by atoms with Gasteiger partial charge < -0.3 is 10.4 Å². The van der Waals surface area contributed by atoms with Gasteiger partial charge in [0.1, 0.15) is 17.4 Å². The zero-order valence-electron chi connectivity index (χ0n) is 14.7. The standard InChI is InChI=1S/C22H18FN3O/c1-14-4-8-20(27)18(11-14)22(26-21-9-7-17(23)13-25-21)16-6-5-15-3-2-10-24-19(15)12-16/h2-13,22,27H,1H3,(H,25,26). The fourth-order valence-corrected chi connectivity index (χ4v) is 3.12. The zero-order chi connectivity index (χ0) is 18.8. The lowest BCUT2D eigenvalue weighted by Gasteiger charge is -2.22. The second-order valence-corrected chi connectivity index (χ2v) is 6.46. The molecule has 0 amide bonds. The van der Waals surface area contributed by atoms with Gasteiger partial charge in [-0.25, -0.2) is 9.37 Å². The highest BCUT2D eigenvalue weighted by Gasteiger charge is 2.19. The van der Waals surface area contributed by atoms with Gasteiger partial charge in [-0.1, -0.05) is 29.8 Å². The van der Waals surface area contributed by atoms with Gasteiger partial charge in [-0.3, -0.25) is 4.98 Å². The summed E-state index contributed by atoms with van der Waals surface area (Å²) in [6.07, 6.45) is 2.91. The van der Waals surface area contributed by atoms with Gasteiger partial charge in [0.2, 0.25) is 0 Å². The number of aryl methyl sites for hydroxylation is 1. The molecule has 0 bridgehead atoms. The molecule has 1 unspecified atom stereocenters. The Morgan fingerprint density at radius 3 is 2.70 bits per heavy atom. The molecule has 0 radical (unpaired) electrons. The molecule has 4 rings (SSSR count). The molecular formula is C22H18FN3O. The second-order valence-electron chi connectivity index (χ2n) is 6.46. The minimum Gasteiger partial charge on any atom is -0.508 e. The molecule has 0 saturated heterocycles. The highest BCUT2D eigenvalue weighted by Crippen LogP contribution is 2.33. The van der Waals surface area contributed by atoms with E-state index in [2.05, 4.69) is 15.3 Å². The monoisotopic (exact) mass is 359 g/mol. The summed E-state index contributed by atoms with van der Waals surface area (Å²) in [6.45, 7) is 1.97. The first-order chi connectivity index (χ1) is 13.1. The van der Waals surface area contributed by atoms with Crippen molar-refractivity contribution in [3.05, 3.63) is 95.6 Å². The Morgan fingerprint density at radius 2 is 1.89 bits per heavy atom. The molecule has 4 aromatic rings. The molecule has 1 atom stereocenters. The fraction of sp³-hybridized carbons (Fsp3) is 0.0909. The maximum absolute atomic E-state index is 13.2. The Hall–Kier alpha value is -3.47. The van der Waals surface area contributed by atoms with Crippen molar-refractivity contribution in [3.63, 3.8) is 0 Å². The number of anilines is 1. The molecule has 2 N–H and O–H groups in total. The van der Waals surface area contributed by atoms with E-state index in [4.69, 9.17) is 0 Å². The molecule has 4 nitrogen and oxygen atoms in total. The van der Waals surface area contributed by atoms with Crippen LogP contribution in [0.2, 0.25) is 0 Å². The summed E-state index contributed by atoms with van der Waals surface area (Å²) in [5, 5.41) is 14.8. The Kier molecular flexibility index (Phi) is 4.42. The fourth-order valence-electron chi connectivity index (χ4n) is 3.12. The van der Waals surface area contributed by atoms with Crippen LogP contribution in [-0.2, 0) is 0 Å². The molecule has 0 aliphatic heterocycles. The maximum Gasteiger partial charge on any atom is 0.141 e. The zero-order valence-corrected chi connectivity index (χ0v) is 14.7. The summed E-state index contributed by atoms with van der Waals surface area (Å²) >= 11 is 0. The number of phenolic OH excluding ortho intramolecular Hbond substituents is 1. The number of benzene rings is 2. The first-order valence-corrected chi connectivity index (χ1v) is 8.62. The first-order valence-electron chi connectivity index (χ1n) is 8.62. The molecule has 0 aliphatic carbocycles. The molecule has 0 spiro atoms. The van der Waals surface area contributed by atoms with Crippen molar-refractivity contribution in [2.24, 2.45) is 0 Å². The summed E-state index contributed by atoms with van der Waals surface area (Å²) in [4.78, 5) is 8.52. The van der Waals surface area contributed by atoms with Crippen molar-refractivity contribution in [2.75, 3.05) is 5.32 Å². The number of pyridine rings is 2. The number of nitrogens with zero attached hydrogens (tertiary/aromatic N) is 2. The number of fused-ring (bicyclic) bond motifs is 1. The van der Waals surface area contributed by atoms with Crippen LogP contribution in [0, 0.1) is 12.7 Å². The number of hydrogen-bond donors (Lipinski definition) is 2. The number of halogens is 1. The van der Waals surface area contributed by atoms with Crippen molar-refractivity contribution in [1.29, 1.82) is 0 Å². The number of phenols is 1. The van der Waals surface area contributed by atoms with E-state index in [0.29, 0.717) is 5.82 Å². The van der Waals surface area contributed by atoms with Crippen LogP contribution in [0.3, 0.4) is 0 Å². The van der Waals surface area contributed by atoms with Gasteiger partial charge in [0, 0.05) is 17.1 Å². The van der Waals surface area contributed by atoms with Crippen LogP contribution in [0.25, 0.3) is 10.9 Å². The van der Waals surface area contributed by atoms with Gasteiger partial charge >= 0.3 is 0 Å². The minimum atomic E-state index is -0.398. The van der Waals surface area contributed by atoms with Gasteiger partial charge in [-0.2, -0.15) is 0 Å². The van der Waals surface area contributed by atoms with Crippen LogP contribution in [0.1, 0.15) is 22.7 Å². The third-order valence-electron chi connectivity index (χ3n) is 4.48. The minimum absolute atomic E-state index is 0.182. The summed E-state index contributed by atoms with van der Waals surface area (Å²) in [6, 6.07) is 17.9. The van der Waals surface area contributed by atoms with Crippen molar-refractivity contribution in [2.45, 2.75) is 13.0 Å². The third-order valence-corrected chi connectivity index (χ3v) is 4.48. The summed E-state index contributed by atoms with van der Waals surface area (Å²) < 4.78 is 13.2. The highest BCUT2D eigenvalue weighted by atomic mass is 19.1. The van der Waals surface area contributed by atoms with Crippen LogP contribution in [0.4, 0.5) is 10.2 Å². The lowest BCUT2D eigenvalue weighted by Crippen LogP contribution is -2.14. The topological polar surface area (TPSA) is 58.0 Å². The predicted molar refractivity (Wildman–Crippen MR) is 104 cm³/mol. The SMILES string of the molecule is Cc1ccc(O)c(C(Nc2ccc(F)cn2)c2ccc3cccnc3c2)c1. The molecule has 27 heavy (non-hydrogen) atoms. The molecule has 0 saturated carbocycles. The molecule has 5 heteroatoms. The van der Waals surface area contributed by atoms with Gasteiger partial charge in [-0.15, -0.1) is 0 Å². The number of rotatable bonds is 4. The van der Waals surface area contributed by atoms with Crippen LogP contribution < -0.4 is 5.32 Å². The summed E-state index contributed by atoms with van der Waals surface area (Å²) in [5.41, 5.74) is 3.53. The quantitative estimate of drug-likeness (QED) is 0.539. The molecule has 0 fully saturated rings. The number of hydrogen-bond acceptors (Lipinski definition) is 4. The lowest BCUT2D eigenvalue weighted by molar-refractivity contribution is 0.466. The highest BCUT2D eigenvalue weighted by molar-refractivity contribution is 5.79. The summed E-state index contributed by atoms with van der Waals surface area (Å²) in [5.74, 6) is 0.301. The van der Waals surface area contributed by atoms with E-state index in [1.807, 2.05) is 49.4 Å². The van der Waals surface area contributed by atoms with Crippen LogP contribution in [0.15, 0.2) is 73.1 Å². The Balaban J connectivity index is 1.83. The van der Waals surface area contributed by atoms with E-state index in [-0.39, 0.29) is 11.8 Å². The molecule has 2 aromatic carbocycles. The van der Waals surface area contributed by atoms with Crippen molar-refractivity contribution >= 4 is 16.7 Å². The van der Waals surface area contributed by atoms with Crippen LogP contribution in [-0.4, -0.2) is 15.1 Å². The molecule has 0 aliphatic rings. The van der Waals surface area contributed by atoms with E-state index in [0.717, 1.165) is 33.8 Å². The Morgan fingerprint density at radius 1 is 1.00 bits per heavy atom. The van der Waals surface area contributed by atoms with Crippen molar-refractivity contribution in [3.8, 4) is 5.75 Å². The smallest absolute Gasteiger partial charge is 0.141 e. The first kappa shape index (κ1) is 17.0. The van der Waals surface area contributed by atoms with Crippen LogP contribution in [0.5, 0.6) is 5.75 Å². The van der Waals surface area contributed by atoms with E-state index in [9.17, 15) is 9.50 Å². The van der Waals surface area contributed by atoms with Gasteiger partial charge in [0.15, 0.2) is 0 Å². The molecule has 2 aromatic heterocycles. The number of nitrogens with one attached hydrogen (secondary N) is 1. The maximum atomic E-state index is 13.2. The third kappa shape index (κ3) is 3.58. The molecule has 134 valence electrons. The van der Waals surface area contributed by atoms with E-state index in [1.165, 1.54) is 6.07 Å². The molecular weight excluding hydrogens is 341 g/mol. The Bertz CT molecular complexity index is 1100. The van der Waals surface area contributed by atoms with Crippen molar-refractivity contribution < 1.29 is 9.50 Å². The van der Waals surface area contributed by atoms with Gasteiger partial charge in [0.05, 0.1) is 17.8 Å². The Labute approximate surface area is 156 Å². The van der Waals surface area contributed by atoms with Crippen LogP contribution >= 0.6 is 0 Å². The second kappa shape index (κ2) is 7.03. The average Bonchev–Trinajstić information content (AvgIpc) is 2.69. The van der Waals surface area contributed by atoms with E-state index < -0.39 is 5.82 Å². The largest absolute Gasteiger partial charge is 0.508 e. The lowest BCUT2D eigenvalue weighted by atomic mass is 9.95. The van der Waals surface area contributed by atoms with Gasteiger partial charge in [0.25, 0.3) is 0 Å². The normalized spacial score (nSPS) is 12.1. The molecule has 2 heterocycles. The van der Waals surface area contributed by atoms with Crippen molar-refractivity contribution in [1.82, 2.24) is 9.97 Å². The number of aromatic nitrogens is 2. The summed E-state index contributed by atoms with van der Waals surface area (Å²) in [7, 11) is 0. The number of aromatic hydroxyl groups is 1. The van der Waals surface area contributed by atoms with E-state index in [1.54, 1.807) is 18.3 Å². The van der Waals surface area contributed by atoms with E-state index >= 15 is 0 Å².